The molecule has 2 rings (SSSR count). The highest BCUT2D eigenvalue weighted by Gasteiger charge is 2.21. The average Bonchev–Trinajstić information content (AvgIpc) is 2.65. The van der Waals surface area contributed by atoms with E-state index >= 15 is 0 Å². The van der Waals surface area contributed by atoms with E-state index in [0.29, 0.717) is 11.6 Å². The highest BCUT2D eigenvalue weighted by Crippen LogP contribution is 2.22. The Balaban J connectivity index is 1.92. The summed E-state index contributed by atoms with van der Waals surface area (Å²) in [7, 11) is 0. The Morgan fingerprint density at radius 2 is 2.53 bits per heavy atom. The first-order chi connectivity index (χ1) is 7.29. The third-order valence-electron chi connectivity index (χ3n) is 3.20. The highest BCUT2D eigenvalue weighted by atomic mass is 16.5. The molecular formula is C11H19N3O. The predicted molar refractivity (Wildman–Crippen MR) is 59.5 cm³/mol. The predicted octanol–water partition coefficient (Wildman–Crippen LogP) is 1.53. The first kappa shape index (κ1) is 10.5. The molecule has 0 radical (unpaired) electrons. The first-order valence-corrected chi connectivity index (χ1v) is 5.71. The van der Waals surface area contributed by atoms with Gasteiger partial charge in [0.25, 0.3) is 0 Å². The van der Waals surface area contributed by atoms with Crippen molar-refractivity contribution in [3.63, 3.8) is 0 Å². The van der Waals surface area contributed by atoms with Crippen LogP contribution >= 0.6 is 0 Å². The van der Waals surface area contributed by atoms with Crippen molar-refractivity contribution in [3.8, 4) is 0 Å². The van der Waals surface area contributed by atoms with Crippen molar-refractivity contribution >= 4 is 5.69 Å². The number of rotatable bonds is 3. The number of nitrogens with two attached hydrogens (primary N) is 1. The summed E-state index contributed by atoms with van der Waals surface area (Å²) in [6.45, 7) is 5.75. The molecule has 0 aromatic carbocycles. The number of nitrogen functional groups attached to an aromatic ring is 1. The van der Waals surface area contributed by atoms with E-state index in [-0.39, 0.29) is 0 Å². The van der Waals surface area contributed by atoms with Crippen molar-refractivity contribution in [3.05, 3.63) is 12.0 Å². The van der Waals surface area contributed by atoms with Gasteiger partial charge < -0.3 is 15.2 Å². The molecule has 4 nitrogen and oxygen atoms in total. The lowest BCUT2D eigenvalue weighted by Gasteiger charge is -2.31. The zero-order valence-corrected chi connectivity index (χ0v) is 9.28. The Bertz CT molecular complexity index is 311. The summed E-state index contributed by atoms with van der Waals surface area (Å²) in [5, 5.41) is 3.71. The van der Waals surface area contributed by atoms with Gasteiger partial charge in [0.1, 0.15) is 0 Å². The normalized spacial score (nSPS) is 23.1. The molecule has 84 valence electrons. The van der Waals surface area contributed by atoms with Crippen molar-refractivity contribution in [1.29, 1.82) is 0 Å². The van der Waals surface area contributed by atoms with Crippen LogP contribution in [0, 0.1) is 5.92 Å². The summed E-state index contributed by atoms with van der Waals surface area (Å²) < 4.78 is 5.14. The summed E-state index contributed by atoms with van der Waals surface area (Å²) in [6.07, 6.45) is 5.08. The SMILES string of the molecule is CCN1CCCC(Cc2oncc2N)C1. The van der Waals surface area contributed by atoms with Crippen molar-refractivity contribution in [1.82, 2.24) is 10.1 Å². The van der Waals surface area contributed by atoms with Gasteiger partial charge in [-0.3, -0.25) is 0 Å². The Labute approximate surface area is 90.4 Å². The lowest BCUT2D eigenvalue weighted by Crippen LogP contribution is -2.35. The van der Waals surface area contributed by atoms with Crippen LogP contribution in [0.15, 0.2) is 10.7 Å². The van der Waals surface area contributed by atoms with E-state index in [1.54, 1.807) is 6.20 Å². The minimum Gasteiger partial charge on any atom is -0.395 e. The van der Waals surface area contributed by atoms with Crippen LogP contribution in [-0.2, 0) is 6.42 Å². The van der Waals surface area contributed by atoms with E-state index in [2.05, 4.69) is 17.0 Å². The van der Waals surface area contributed by atoms with Crippen LogP contribution in [0.4, 0.5) is 5.69 Å². The summed E-state index contributed by atoms with van der Waals surface area (Å²) in [6, 6.07) is 0. The van der Waals surface area contributed by atoms with Crippen LogP contribution in [0.1, 0.15) is 25.5 Å². The molecule has 1 aliphatic rings. The number of hydrogen-bond acceptors (Lipinski definition) is 4. The van der Waals surface area contributed by atoms with Crippen LogP contribution < -0.4 is 5.73 Å². The van der Waals surface area contributed by atoms with Crippen molar-refractivity contribution < 1.29 is 4.52 Å². The van der Waals surface area contributed by atoms with E-state index in [0.717, 1.165) is 25.3 Å². The number of anilines is 1. The zero-order chi connectivity index (χ0) is 10.7. The molecule has 1 fully saturated rings. The van der Waals surface area contributed by atoms with E-state index in [4.69, 9.17) is 10.3 Å². The second-order valence-corrected chi connectivity index (χ2v) is 4.31. The third-order valence-corrected chi connectivity index (χ3v) is 3.20. The Morgan fingerprint density at radius 1 is 1.67 bits per heavy atom. The van der Waals surface area contributed by atoms with Crippen LogP contribution in [-0.4, -0.2) is 29.7 Å². The maximum atomic E-state index is 5.76. The van der Waals surface area contributed by atoms with Gasteiger partial charge >= 0.3 is 0 Å². The largest absolute Gasteiger partial charge is 0.395 e. The van der Waals surface area contributed by atoms with E-state index < -0.39 is 0 Å². The fourth-order valence-corrected chi connectivity index (χ4v) is 2.29. The second kappa shape index (κ2) is 4.66. The number of piperidine rings is 1. The summed E-state index contributed by atoms with van der Waals surface area (Å²) >= 11 is 0. The molecule has 4 heteroatoms. The van der Waals surface area contributed by atoms with E-state index in [1.165, 1.54) is 19.4 Å². The lowest BCUT2D eigenvalue weighted by atomic mass is 9.93. The molecule has 2 heterocycles. The molecule has 1 aromatic heterocycles. The highest BCUT2D eigenvalue weighted by molar-refractivity contribution is 5.38. The van der Waals surface area contributed by atoms with Crippen molar-refractivity contribution in [2.24, 2.45) is 5.92 Å². The van der Waals surface area contributed by atoms with Crippen LogP contribution in [0.25, 0.3) is 0 Å². The smallest absolute Gasteiger partial charge is 0.159 e. The maximum absolute atomic E-state index is 5.76. The molecule has 1 aromatic rings. The first-order valence-electron chi connectivity index (χ1n) is 5.71. The molecule has 0 amide bonds. The fraction of sp³-hybridized carbons (Fsp3) is 0.727. The zero-order valence-electron chi connectivity index (χ0n) is 9.28. The molecule has 0 spiro atoms. The molecule has 0 bridgehead atoms. The van der Waals surface area contributed by atoms with Gasteiger partial charge in [-0.25, -0.2) is 0 Å². The summed E-state index contributed by atoms with van der Waals surface area (Å²) in [4.78, 5) is 2.49. The molecule has 1 unspecified atom stereocenters. The minimum absolute atomic E-state index is 0.675. The summed E-state index contributed by atoms with van der Waals surface area (Å²) in [5.41, 5.74) is 6.45. The van der Waals surface area contributed by atoms with Gasteiger partial charge in [-0.15, -0.1) is 0 Å². The van der Waals surface area contributed by atoms with Crippen LogP contribution in [0.2, 0.25) is 0 Å². The van der Waals surface area contributed by atoms with E-state index in [1.807, 2.05) is 0 Å². The number of hydrogen-bond donors (Lipinski definition) is 1. The van der Waals surface area contributed by atoms with Crippen LogP contribution in [0.5, 0.6) is 0 Å². The van der Waals surface area contributed by atoms with E-state index in [9.17, 15) is 0 Å². The van der Waals surface area contributed by atoms with Gasteiger partial charge in [-0.05, 0) is 31.8 Å². The van der Waals surface area contributed by atoms with Gasteiger partial charge in [0.2, 0.25) is 0 Å². The quantitative estimate of drug-likeness (QED) is 0.820. The number of aromatic nitrogens is 1. The second-order valence-electron chi connectivity index (χ2n) is 4.31. The van der Waals surface area contributed by atoms with Gasteiger partial charge in [0, 0.05) is 13.0 Å². The molecule has 1 aliphatic heterocycles. The molecule has 0 saturated carbocycles. The standard InChI is InChI=1S/C11H19N3O/c1-2-14-5-3-4-9(8-14)6-11-10(12)7-13-15-11/h7,9H,2-6,8,12H2,1H3. The Hall–Kier alpha value is -1.03. The molecular weight excluding hydrogens is 190 g/mol. The number of likely N-dealkylation sites (tertiary alicyclic amines) is 1. The molecule has 1 saturated heterocycles. The Morgan fingerprint density at radius 3 is 3.20 bits per heavy atom. The molecule has 2 N–H and O–H groups in total. The topological polar surface area (TPSA) is 55.3 Å². The molecule has 0 aliphatic carbocycles. The fourth-order valence-electron chi connectivity index (χ4n) is 2.29. The van der Waals surface area contributed by atoms with Crippen LogP contribution in [0.3, 0.4) is 0 Å². The van der Waals surface area contributed by atoms with Gasteiger partial charge in [0.15, 0.2) is 5.76 Å². The molecule has 1 atom stereocenters. The van der Waals surface area contributed by atoms with Gasteiger partial charge in [-0.2, -0.15) is 0 Å². The monoisotopic (exact) mass is 209 g/mol. The summed E-state index contributed by atoms with van der Waals surface area (Å²) in [5.74, 6) is 1.53. The van der Waals surface area contributed by atoms with Crippen molar-refractivity contribution in [2.75, 3.05) is 25.4 Å². The Kier molecular flexibility index (Phi) is 3.26. The molecule has 15 heavy (non-hydrogen) atoms. The van der Waals surface area contributed by atoms with Gasteiger partial charge in [-0.1, -0.05) is 12.1 Å². The van der Waals surface area contributed by atoms with Gasteiger partial charge in [0.05, 0.1) is 11.9 Å². The average molecular weight is 209 g/mol. The third kappa shape index (κ3) is 2.50. The number of nitrogens with zero attached hydrogens (tertiary/aromatic N) is 2. The minimum atomic E-state index is 0.675. The van der Waals surface area contributed by atoms with Crippen molar-refractivity contribution in [2.45, 2.75) is 26.2 Å². The maximum Gasteiger partial charge on any atom is 0.159 e. The lowest BCUT2D eigenvalue weighted by molar-refractivity contribution is 0.176.